The van der Waals surface area contributed by atoms with Crippen LogP contribution >= 0.6 is 11.8 Å². The van der Waals surface area contributed by atoms with E-state index in [1.807, 2.05) is 59.9 Å². The van der Waals surface area contributed by atoms with Crippen molar-refractivity contribution in [2.24, 2.45) is 23.2 Å². The highest BCUT2D eigenvalue weighted by Gasteiger charge is 2.54. The number of carbonyl (C=O) groups excluding carboxylic acids is 1. The molecular weight excluding hydrogens is 456 g/mol. The fourth-order valence-corrected chi connectivity index (χ4v) is 8.48. The number of fused-ring (bicyclic) bond motifs is 3. The summed E-state index contributed by atoms with van der Waals surface area (Å²) in [6.07, 6.45) is 7.23. The zero-order chi connectivity index (χ0) is 23.7. The molecule has 2 aromatic heterocycles. The predicted octanol–water partition coefficient (Wildman–Crippen LogP) is 5.22. The Labute approximate surface area is 207 Å². The van der Waals surface area contributed by atoms with Crippen molar-refractivity contribution in [2.75, 3.05) is 5.75 Å². The topological polar surface area (TPSA) is 69.3 Å². The minimum Gasteiger partial charge on any atom is -0.298 e. The molecule has 7 heteroatoms. The smallest absolute Gasteiger partial charge is 0.267 e. The van der Waals surface area contributed by atoms with Crippen LogP contribution in [0.4, 0.5) is 0 Å². The van der Waals surface area contributed by atoms with Crippen molar-refractivity contribution in [3.05, 3.63) is 64.4 Å². The molecule has 0 amide bonds. The normalized spacial score (nSPS) is 27.2. The maximum absolute atomic E-state index is 13.6. The number of para-hydroxylation sites is 1. The van der Waals surface area contributed by atoms with Crippen molar-refractivity contribution in [2.45, 2.75) is 50.6 Å². The molecule has 0 unspecified atom stereocenters. The van der Waals surface area contributed by atoms with E-state index in [-0.39, 0.29) is 11.0 Å². The lowest BCUT2D eigenvalue weighted by atomic mass is 9.48. The SMILES string of the molecule is Cc1cccc(-n2c(=O)c3ccccc3n3c(SCC(=O)C45CC6CC(CC(C6)C4)C5)nnc23)c1. The van der Waals surface area contributed by atoms with Gasteiger partial charge in [0, 0.05) is 5.41 Å². The van der Waals surface area contributed by atoms with Crippen LogP contribution in [0.25, 0.3) is 22.4 Å². The van der Waals surface area contributed by atoms with Crippen LogP contribution < -0.4 is 5.56 Å². The van der Waals surface area contributed by atoms with Crippen LogP contribution in [0.15, 0.2) is 58.5 Å². The number of aromatic nitrogens is 4. The molecule has 2 heterocycles. The minimum atomic E-state index is -0.118. The van der Waals surface area contributed by atoms with Gasteiger partial charge in [-0.15, -0.1) is 10.2 Å². The minimum absolute atomic E-state index is 0.117. The molecule has 0 atom stereocenters. The van der Waals surface area contributed by atoms with Gasteiger partial charge >= 0.3 is 0 Å². The van der Waals surface area contributed by atoms with Crippen LogP contribution in [0, 0.1) is 30.1 Å². The largest absolute Gasteiger partial charge is 0.298 e. The number of aryl methyl sites for hydroxylation is 1. The van der Waals surface area contributed by atoms with Crippen molar-refractivity contribution in [1.29, 1.82) is 0 Å². The summed E-state index contributed by atoms with van der Waals surface area (Å²) < 4.78 is 3.57. The van der Waals surface area contributed by atoms with Gasteiger partial charge in [-0.2, -0.15) is 0 Å². The summed E-state index contributed by atoms with van der Waals surface area (Å²) in [4.78, 5) is 27.1. The first kappa shape index (κ1) is 21.4. The van der Waals surface area contributed by atoms with E-state index in [4.69, 9.17) is 0 Å². The van der Waals surface area contributed by atoms with Gasteiger partial charge < -0.3 is 0 Å². The summed E-state index contributed by atoms with van der Waals surface area (Å²) in [5.41, 5.74) is 2.36. The average molecular weight is 485 g/mol. The van der Waals surface area contributed by atoms with Gasteiger partial charge in [-0.05, 0) is 93.0 Å². The number of carbonyl (C=O) groups is 1. The number of hydrogen-bond acceptors (Lipinski definition) is 5. The summed E-state index contributed by atoms with van der Waals surface area (Å²) in [5.74, 6) is 3.51. The summed E-state index contributed by atoms with van der Waals surface area (Å²) in [7, 11) is 0. The highest BCUT2D eigenvalue weighted by atomic mass is 32.2. The van der Waals surface area contributed by atoms with Crippen LogP contribution in [0.2, 0.25) is 0 Å². The van der Waals surface area contributed by atoms with E-state index in [9.17, 15) is 9.59 Å². The van der Waals surface area contributed by atoms with Crippen molar-refractivity contribution >= 4 is 34.2 Å². The van der Waals surface area contributed by atoms with E-state index in [1.165, 1.54) is 31.0 Å². The Morgan fingerprint density at radius 1 is 1.00 bits per heavy atom. The highest BCUT2D eigenvalue weighted by Crippen LogP contribution is 2.60. The molecule has 4 bridgehead atoms. The standard InChI is InChI=1S/C28H28N4O2S/c1-17-5-4-6-21(9-17)31-25(34)22-7-2-3-8-23(22)32-26(31)29-30-27(32)35-16-24(33)28-13-18-10-19(14-28)12-20(11-18)15-28/h2-9,18-20H,10-16H2,1H3. The third-order valence-electron chi connectivity index (χ3n) is 8.62. The van der Waals surface area contributed by atoms with E-state index in [1.54, 1.807) is 4.57 Å². The Bertz CT molecular complexity index is 1520. The number of Topliss-reactive ketones (excluding diaryl/α,β-unsaturated/α-hetero) is 1. The van der Waals surface area contributed by atoms with Gasteiger partial charge in [-0.3, -0.25) is 14.0 Å². The van der Waals surface area contributed by atoms with Crippen molar-refractivity contribution in [3.63, 3.8) is 0 Å². The van der Waals surface area contributed by atoms with Crippen molar-refractivity contribution in [3.8, 4) is 5.69 Å². The molecule has 2 aromatic carbocycles. The Morgan fingerprint density at radius 3 is 2.43 bits per heavy atom. The van der Waals surface area contributed by atoms with Crippen LogP contribution in [-0.4, -0.2) is 30.7 Å². The first-order valence-electron chi connectivity index (χ1n) is 12.6. The molecule has 4 aromatic rings. The molecule has 178 valence electrons. The van der Waals surface area contributed by atoms with Gasteiger partial charge in [0.15, 0.2) is 5.16 Å². The molecule has 0 aliphatic heterocycles. The predicted molar refractivity (Wildman–Crippen MR) is 137 cm³/mol. The van der Waals surface area contributed by atoms with Crippen LogP contribution in [0.3, 0.4) is 0 Å². The van der Waals surface area contributed by atoms with Crippen LogP contribution in [0.5, 0.6) is 0 Å². The van der Waals surface area contributed by atoms with E-state index in [0.717, 1.165) is 53.8 Å². The molecule has 0 spiro atoms. The molecule has 6 nitrogen and oxygen atoms in total. The van der Waals surface area contributed by atoms with Gasteiger partial charge in [0.2, 0.25) is 5.78 Å². The second-order valence-corrected chi connectivity index (χ2v) is 12.0. The Hall–Kier alpha value is -2.93. The molecular formula is C28H28N4O2S. The quantitative estimate of drug-likeness (QED) is 0.363. The number of rotatable bonds is 5. The van der Waals surface area contributed by atoms with Gasteiger partial charge in [0.1, 0.15) is 5.78 Å². The lowest BCUT2D eigenvalue weighted by Gasteiger charge is -2.56. The third-order valence-corrected chi connectivity index (χ3v) is 9.55. The average Bonchev–Trinajstić information content (AvgIpc) is 3.25. The van der Waals surface area contributed by atoms with Gasteiger partial charge in [0.05, 0.1) is 22.3 Å². The molecule has 4 aliphatic rings. The van der Waals surface area contributed by atoms with Crippen LogP contribution in [0.1, 0.15) is 44.1 Å². The van der Waals surface area contributed by atoms with Crippen molar-refractivity contribution < 1.29 is 4.79 Å². The molecule has 4 aliphatic carbocycles. The molecule has 4 fully saturated rings. The highest BCUT2D eigenvalue weighted by molar-refractivity contribution is 7.99. The second kappa shape index (κ2) is 7.79. The summed E-state index contributed by atoms with van der Waals surface area (Å²) in [6.45, 7) is 2.01. The Kier molecular flexibility index (Phi) is 4.75. The van der Waals surface area contributed by atoms with Crippen molar-refractivity contribution in [1.82, 2.24) is 19.2 Å². The molecule has 4 saturated carbocycles. The number of ketones is 1. The first-order valence-corrected chi connectivity index (χ1v) is 13.6. The second-order valence-electron chi connectivity index (χ2n) is 11.0. The number of thioether (sulfide) groups is 1. The first-order chi connectivity index (χ1) is 17.0. The number of nitrogens with zero attached hydrogens (tertiary/aromatic N) is 4. The number of benzene rings is 2. The molecule has 0 saturated heterocycles. The summed E-state index contributed by atoms with van der Waals surface area (Å²) >= 11 is 1.47. The zero-order valence-corrected chi connectivity index (χ0v) is 20.6. The molecule has 0 radical (unpaired) electrons. The van der Waals surface area contributed by atoms with E-state index >= 15 is 0 Å². The zero-order valence-electron chi connectivity index (χ0n) is 19.8. The number of hydrogen-bond donors (Lipinski definition) is 0. The van der Waals surface area contributed by atoms with Gasteiger partial charge in [-0.1, -0.05) is 36.0 Å². The summed E-state index contributed by atoms with van der Waals surface area (Å²) in [6, 6.07) is 15.4. The van der Waals surface area contributed by atoms with Crippen LogP contribution in [-0.2, 0) is 4.79 Å². The van der Waals surface area contributed by atoms with E-state index < -0.39 is 0 Å². The lowest BCUT2D eigenvalue weighted by molar-refractivity contribution is -0.141. The Morgan fingerprint density at radius 2 is 1.71 bits per heavy atom. The maximum atomic E-state index is 13.6. The van der Waals surface area contributed by atoms with E-state index in [0.29, 0.717) is 27.9 Å². The van der Waals surface area contributed by atoms with Gasteiger partial charge in [0.25, 0.3) is 5.56 Å². The third kappa shape index (κ3) is 3.31. The fourth-order valence-electron chi connectivity index (χ4n) is 7.51. The summed E-state index contributed by atoms with van der Waals surface area (Å²) in [5, 5.41) is 10.2. The molecule has 35 heavy (non-hydrogen) atoms. The van der Waals surface area contributed by atoms with Gasteiger partial charge in [-0.25, -0.2) is 4.57 Å². The molecule has 0 N–H and O–H groups in total. The lowest BCUT2D eigenvalue weighted by Crippen LogP contribution is -2.50. The fraction of sp³-hybridized carbons (Fsp3) is 0.429. The molecule has 8 rings (SSSR count). The monoisotopic (exact) mass is 484 g/mol. The van der Waals surface area contributed by atoms with E-state index in [2.05, 4.69) is 10.2 Å². The Balaban J connectivity index is 1.29. The maximum Gasteiger partial charge on any atom is 0.267 e.